The summed E-state index contributed by atoms with van der Waals surface area (Å²) >= 11 is 0. The van der Waals surface area contributed by atoms with E-state index < -0.39 is 11.4 Å². The lowest BCUT2D eigenvalue weighted by Crippen LogP contribution is -2.43. The third kappa shape index (κ3) is 4.49. The van der Waals surface area contributed by atoms with Gasteiger partial charge in [-0.25, -0.2) is 0 Å². The van der Waals surface area contributed by atoms with Crippen LogP contribution in [0.2, 0.25) is 0 Å². The molecule has 0 spiro atoms. The van der Waals surface area contributed by atoms with Gasteiger partial charge in [0.25, 0.3) is 0 Å². The molecule has 1 atom stereocenters. The molecule has 0 aliphatic carbocycles. The van der Waals surface area contributed by atoms with Crippen LogP contribution in [0.3, 0.4) is 0 Å². The Morgan fingerprint density at radius 2 is 2.00 bits per heavy atom. The Hall–Kier alpha value is -1.10. The van der Waals surface area contributed by atoms with Gasteiger partial charge in [0, 0.05) is 13.2 Å². The van der Waals surface area contributed by atoms with E-state index in [2.05, 4.69) is 5.32 Å². The van der Waals surface area contributed by atoms with E-state index in [1.165, 1.54) is 0 Å². The molecule has 19 heavy (non-hydrogen) atoms. The number of rotatable bonds is 7. The molecule has 0 aromatic heterocycles. The van der Waals surface area contributed by atoms with Crippen LogP contribution in [0.1, 0.15) is 52.4 Å². The second-order valence-electron chi connectivity index (χ2n) is 5.26. The summed E-state index contributed by atoms with van der Waals surface area (Å²) in [5.74, 6) is -0.953. The van der Waals surface area contributed by atoms with Gasteiger partial charge in [-0.05, 0) is 32.1 Å². The fourth-order valence-electron chi connectivity index (χ4n) is 2.39. The Balaban J connectivity index is 2.41. The molecule has 1 amide bonds. The van der Waals surface area contributed by atoms with Gasteiger partial charge in [0.1, 0.15) is 0 Å². The largest absolute Gasteiger partial charge is 0.481 e. The minimum atomic E-state index is -0.844. The van der Waals surface area contributed by atoms with Crippen molar-refractivity contribution in [2.24, 2.45) is 5.41 Å². The molecule has 5 heteroatoms. The SMILES string of the molecule is CCC(CC)(CNC(=O)CC1CCCCO1)C(=O)O. The zero-order valence-electron chi connectivity index (χ0n) is 11.9. The molecule has 0 aromatic carbocycles. The van der Waals surface area contributed by atoms with E-state index in [-0.39, 0.29) is 18.6 Å². The van der Waals surface area contributed by atoms with Crippen LogP contribution in [0.15, 0.2) is 0 Å². The maximum absolute atomic E-state index is 11.8. The molecular weight excluding hydrogens is 246 g/mol. The van der Waals surface area contributed by atoms with Gasteiger partial charge in [-0.2, -0.15) is 0 Å². The lowest BCUT2D eigenvalue weighted by Gasteiger charge is -2.27. The predicted octanol–water partition coefficient (Wildman–Crippen LogP) is 1.95. The Kier molecular flexibility index (Phi) is 6.28. The fraction of sp³-hybridized carbons (Fsp3) is 0.857. The number of ether oxygens (including phenoxy) is 1. The number of carbonyl (C=O) groups excluding carboxylic acids is 1. The Bertz CT molecular complexity index is 307. The van der Waals surface area contributed by atoms with Crippen molar-refractivity contribution in [3.63, 3.8) is 0 Å². The van der Waals surface area contributed by atoms with Crippen molar-refractivity contribution in [3.05, 3.63) is 0 Å². The molecule has 2 N–H and O–H groups in total. The third-order valence-corrected chi connectivity index (χ3v) is 4.12. The normalized spacial score (nSPS) is 20.0. The fourth-order valence-corrected chi connectivity index (χ4v) is 2.39. The third-order valence-electron chi connectivity index (χ3n) is 4.12. The smallest absolute Gasteiger partial charge is 0.311 e. The molecule has 0 saturated carbocycles. The first-order chi connectivity index (χ1) is 9.04. The van der Waals surface area contributed by atoms with Gasteiger partial charge in [-0.3, -0.25) is 9.59 Å². The van der Waals surface area contributed by atoms with Gasteiger partial charge in [-0.1, -0.05) is 13.8 Å². The number of hydrogen-bond donors (Lipinski definition) is 2. The average Bonchev–Trinajstić information content (AvgIpc) is 2.41. The minimum absolute atomic E-state index is 0.00349. The highest BCUT2D eigenvalue weighted by Gasteiger charge is 2.35. The summed E-state index contributed by atoms with van der Waals surface area (Å²) in [5, 5.41) is 12.0. The van der Waals surface area contributed by atoms with Crippen molar-refractivity contribution in [1.82, 2.24) is 5.32 Å². The van der Waals surface area contributed by atoms with E-state index in [1.54, 1.807) is 0 Å². The zero-order chi connectivity index (χ0) is 14.3. The Morgan fingerprint density at radius 3 is 2.47 bits per heavy atom. The number of amides is 1. The molecule has 1 aliphatic rings. The van der Waals surface area contributed by atoms with Crippen molar-refractivity contribution < 1.29 is 19.4 Å². The molecule has 1 unspecified atom stereocenters. The van der Waals surface area contributed by atoms with Crippen molar-refractivity contribution in [1.29, 1.82) is 0 Å². The number of carboxylic acid groups (broad SMARTS) is 1. The van der Waals surface area contributed by atoms with E-state index in [9.17, 15) is 14.7 Å². The zero-order valence-corrected chi connectivity index (χ0v) is 11.9. The minimum Gasteiger partial charge on any atom is -0.481 e. The van der Waals surface area contributed by atoms with Crippen LogP contribution in [-0.2, 0) is 14.3 Å². The maximum atomic E-state index is 11.8. The van der Waals surface area contributed by atoms with Crippen molar-refractivity contribution >= 4 is 11.9 Å². The number of hydrogen-bond acceptors (Lipinski definition) is 3. The molecule has 0 radical (unpaired) electrons. The summed E-state index contributed by atoms with van der Waals surface area (Å²) in [6, 6.07) is 0. The number of aliphatic carboxylic acids is 1. The van der Waals surface area contributed by atoms with E-state index in [4.69, 9.17) is 4.74 Å². The highest BCUT2D eigenvalue weighted by atomic mass is 16.5. The standard InChI is InChI=1S/C14H25NO4/c1-3-14(4-2,13(17)18)10-15-12(16)9-11-7-5-6-8-19-11/h11H,3-10H2,1-2H3,(H,15,16)(H,17,18). The van der Waals surface area contributed by atoms with Crippen LogP contribution in [-0.4, -0.2) is 36.2 Å². The second-order valence-corrected chi connectivity index (χ2v) is 5.26. The predicted molar refractivity (Wildman–Crippen MR) is 71.9 cm³/mol. The molecule has 1 fully saturated rings. The first kappa shape index (κ1) is 16.0. The van der Waals surface area contributed by atoms with Gasteiger partial charge in [-0.15, -0.1) is 0 Å². The van der Waals surface area contributed by atoms with Crippen LogP contribution in [0.25, 0.3) is 0 Å². The second kappa shape index (κ2) is 7.48. The van der Waals surface area contributed by atoms with Crippen LogP contribution in [0.4, 0.5) is 0 Å². The number of carboxylic acids is 1. The summed E-state index contributed by atoms with van der Waals surface area (Å²) in [4.78, 5) is 23.1. The molecule has 0 bridgehead atoms. The molecule has 5 nitrogen and oxygen atoms in total. The lowest BCUT2D eigenvalue weighted by molar-refractivity contribution is -0.149. The first-order valence-electron chi connectivity index (χ1n) is 7.15. The number of nitrogens with one attached hydrogen (secondary N) is 1. The number of carbonyl (C=O) groups is 2. The van der Waals surface area contributed by atoms with Gasteiger partial charge in [0.15, 0.2) is 0 Å². The van der Waals surface area contributed by atoms with Crippen molar-refractivity contribution in [3.8, 4) is 0 Å². The summed E-state index contributed by atoms with van der Waals surface area (Å²) in [5.41, 5.74) is -0.844. The molecule has 1 rings (SSSR count). The van der Waals surface area contributed by atoms with Gasteiger partial charge >= 0.3 is 5.97 Å². The van der Waals surface area contributed by atoms with Crippen molar-refractivity contribution in [2.75, 3.05) is 13.2 Å². The van der Waals surface area contributed by atoms with Gasteiger partial charge in [0.05, 0.1) is 17.9 Å². The van der Waals surface area contributed by atoms with Crippen LogP contribution in [0.5, 0.6) is 0 Å². The van der Waals surface area contributed by atoms with E-state index in [1.807, 2.05) is 13.8 Å². The molecule has 1 heterocycles. The Labute approximate surface area is 114 Å². The van der Waals surface area contributed by atoms with Crippen LogP contribution >= 0.6 is 0 Å². The Morgan fingerprint density at radius 1 is 1.32 bits per heavy atom. The first-order valence-corrected chi connectivity index (χ1v) is 7.15. The van der Waals surface area contributed by atoms with E-state index >= 15 is 0 Å². The molecule has 0 aromatic rings. The molecule has 1 saturated heterocycles. The van der Waals surface area contributed by atoms with Crippen molar-refractivity contribution in [2.45, 2.75) is 58.5 Å². The van der Waals surface area contributed by atoms with E-state index in [0.29, 0.717) is 19.3 Å². The quantitative estimate of drug-likeness (QED) is 0.742. The lowest BCUT2D eigenvalue weighted by atomic mass is 9.82. The highest BCUT2D eigenvalue weighted by Crippen LogP contribution is 2.25. The molecular formula is C14H25NO4. The summed E-state index contributed by atoms with van der Waals surface area (Å²) in [7, 11) is 0. The van der Waals surface area contributed by atoms with Crippen LogP contribution in [0, 0.1) is 5.41 Å². The van der Waals surface area contributed by atoms with Gasteiger partial charge < -0.3 is 15.2 Å². The summed E-state index contributed by atoms with van der Waals surface area (Å²) < 4.78 is 5.50. The topological polar surface area (TPSA) is 75.6 Å². The average molecular weight is 271 g/mol. The summed E-state index contributed by atoms with van der Waals surface area (Å²) in [6.45, 7) is 4.60. The highest BCUT2D eigenvalue weighted by molar-refractivity contribution is 5.79. The van der Waals surface area contributed by atoms with Crippen LogP contribution < -0.4 is 5.32 Å². The van der Waals surface area contributed by atoms with Gasteiger partial charge in [0.2, 0.25) is 5.91 Å². The molecule has 110 valence electrons. The summed E-state index contributed by atoms with van der Waals surface area (Å²) in [6.07, 6.45) is 4.43. The monoisotopic (exact) mass is 271 g/mol. The van der Waals surface area contributed by atoms with E-state index in [0.717, 1.165) is 25.9 Å². The maximum Gasteiger partial charge on any atom is 0.311 e. The molecule has 1 aliphatic heterocycles.